The SMILES string of the molecule is CCc1ccc(C(N)Cc2ccn(C3CCCCC3)n2)s1. The molecule has 2 N–H and O–H groups in total. The molecule has 3 rings (SSSR count). The number of hydrogen-bond acceptors (Lipinski definition) is 3. The highest BCUT2D eigenvalue weighted by Gasteiger charge is 2.17. The van der Waals surface area contributed by atoms with Gasteiger partial charge < -0.3 is 5.73 Å². The first-order chi connectivity index (χ1) is 10.3. The van der Waals surface area contributed by atoms with Crippen LogP contribution in [-0.4, -0.2) is 9.78 Å². The van der Waals surface area contributed by atoms with E-state index in [0.29, 0.717) is 6.04 Å². The first kappa shape index (κ1) is 14.8. The molecule has 0 spiro atoms. The van der Waals surface area contributed by atoms with Crippen LogP contribution in [0.4, 0.5) is 0 Å². The zero-order chi connectivity index (χ0) is 14.7. The summed E-state index contributed by atoms with van der Waals surface area (Å²) < 4.78 is 2.17. The molecule has 1 saturated carbocycles. The Balaban J connectivity index is 1.63. The third-order valence-electron chi connectivity index (χ3n) is 4.44. The molecule has 2 heterocycles. The molecule has 1 atom stereocenters. The van der Waals surface area contributed by atoms with Crippen LogP contribution in [0.15, 0.2) is 24.4 Å². The fraction of sp³-hybridized carbons (Fsp3) is 0.588. The Morgan fingerprint density at radius 2 is 2.10 bits per heavy atom. The first-order valence-corrected chi connectivity index (χ1v) is 8.96. The van der Waals surface area contributed by atoms with Crippen molar-refractivity contribution in [3.05, 3.63) is 39.8 Å². The van der Waals surface area contributed by atoms with Gasteiger partial charge in [0.25, 0.3) is 0 Å². The van der Waals surface area contributed by atoms with Gasteiger partial charge in [0.1, 0.15) is 0 Å². The molecule has 4 heteroatoms. The van der Waals surface area contributed by atoms with Crippen LogP contribution >= 0.6 is 11.3 Å². The topological polar surface area (TPSA) is 43.8 Å². The van der Waals surface area contributed by atoms with Crippen molar-refractivity contribution in [3.8, 4) is 0 Å². The van der Waals surface area contributed by atoms with Gasteiger partial charge in [-0.05, 0) is 37.5 Å². The van der Waals surface area contributed by atoms with Crippen LogP contribution in [0.5, 0.6) is 0 Å². The van der Waals surface area contributed by atoms with E-state index < -0.39 is 0 Å². The molecule has 1 fully saturated rings. The molecule has 0 aromatic carbocycles. The minimum atomic E-state index is 0.0741. The monoisotopic (exact) mass is 303 g/mol. The van der Waals surface area contributed by atoms with Crippen molar-refractivity contribution in [2.24, 2.45) is 5.73 Å². The Morgan fingerprint density at radius 1 is 1.29 bits per heavy atom. The van der Waals surface area contributed by atoms with Crippen LogP contribution in [0.1, 0.15) is 66.6 Å². The van der Waals surface area contributed by atoms with E-state index >= 15 is 0 Å². The zero-order valence-electron chi connectivity index (χ0n) is 12.8. The summed E-state index contributed by atoms with van der Waals surface area (Å²) in [6.07, 6.45) is 10.7. The van der Waals surface area contributed by atoms with Gasteiger partial charge in [-0.25, -0.2) is 0 Å². The van der Waals surface area contributed by atoms with Crippen LogP contribution in [0.2, 0.25) is 0 Å². The predicted octanol–water partition coefficient (Wildman–Crippen LogP) is 4.25. The lowest BCUT2D eigenvalue weighted by Gasteiger charge is -2.21. The van der Waals surface area contributed by atoms with Gasteiger partial charge in [-0.2, -0.15) is 5.10 Å². The molecule has 1 aliphatic rings. The smallest absolute Gasteiger partial charge is 0.0643 e. The van der Waals surface area contributed by atoms with E-state index in [2.05, 4.69) is 36.0 Å². The molecular weight excluding hydrogens is 278 g/mol. The minimum absolute atomic E-state index is 0.0741. The van der Waals surface area contributed by atoms with Crippen LogP contribution < -0.4 is 5.73 Å². The van der Waals surface area contributed by atoms with Crippen molar-refractivity contribution in [1.29, 1.82) is 0 Å². The van der Waals surface area contributed by atoms with E-state index in [9.17, 15) is 0 Å². The second-order valence-electron chi connectivity index (χ2n) is 6.05. The highest BCUT2D eigenvalue weighted by Crippen LogP contribution is 2.28. The van der Waals surface area contributed by atoms with Crippen LogP contribution in [-0.2, 0) is 12.8 Å². The predicted molar refractivity (Wildman–Crippen MR) is 88.7 cm³/mol. The number of aromatic nitrogens is 2. The Labute approximate surface area is 131 Å². The van der Waals surface area contributed by atoms with Gasteiger partial charge >= 0.3 is 0 Å². The molecule has 2 aromatic rings. The van der Waals surface area contributed by atoms with E-state index in [4.69, 9.17) is 10.8 Å². The van der Waals surface area contributed by atoms with Gasteiger partial charge in [0.15, 0.2) is 0 Å². The van der Waals surface area contributed by atoms with Crippen LogP contribution in [0, 0.1) is 0 Å². The largest absolute Gasteiger partial charge is 0.323 e. The van der Waals surface area contributed by atoms with Crippen LogP contribution in [0.25, 0.3) is 0 Å². The maximum atomic E-state index is 6.34. The lowest BCUT2D eigenvalue weighted by Crippen LogP contribution is -2.15. The number of rotatable bonds is 5. The Morgan fingerprint density at radius 3 is 2.81 bits per heavy atom. The number of hydrogen-bond donors (Lipinski definition) is 1. The maximum Gasteiger partial charge on any atom is 0.0643 e. The van der Waals surface area contributed by atoms with E-state index in [1.807, 2.05) is 11.3 Å². The molecule has 1 unspecified atom stereocenters. The van der Waals surface area contributed by atoms with Gasteiger partial charge in [-0.3, -0.25) is 4.68 Å². The van der Waals surface area contributed by atoms with Crippen molar-refractivity contribution in [3.63, 3.8) is 0 Å². The normalized spacial score (nSPS) is 18.0. The molecule has 0 radical (unpaired) electrons. The van der Waals surface area contributed by atoms with Crippen molar-refractivity contribution in [2.45, 2.75) is 64.0 Å². The lowest BCUT2D eigenvalue weighted by molar-refractivity contribution is 0.328. The first-order valence-electron chi connectivity index (χ1n) is 8.14. The fourth-order valence-electron chi connectivity index (χ4n) is 3.14. The number of nitrogens with two attached hydrogens (primary N) is 1. The Bertz CT molecular complexity index is 566. The van der Waals surface area contributed by atoms with E-state index in [1.54, 1.807) is 0 Å². The van der Waals surface area contributed by atoms with Crippen molar-refractivity contribution >= 4 is 11.3 Å². The Hall–Kier alpha value is -1.13. The molecule has 21 heavy (non-hydrogen) atoms. The fourth-order valence-corrected chi connectivity index (χ4v) is 4.10. The molecule has 3 nitrogen and oxygen atoms in total. The van der Waals surface area contributed by atoms with Gasteiger partial charge in [-0.1, -0.05) is 26.2 Å². The zero-order valence-corrected chi connectivity index (χ0v) is 13.6. The summed E-state index contributed by atoms with van der Waals surface area (Å²) in [4.78, 5) is 2.69. The van der Waals surface area contributed by atoms with Crippen LogP contribution in [0.3, 0.4) is 0 Å². The van der Waals surface area contributed by atoms with E-state index in [-0.39, 0.29) is 6.04 Å². The molecule has 0 aliphatic heterocycles. The van der Waals surface area contributed by atoms with Crippen molar-refractivity contribution < 1.29 is 0 Å². The van der Waals surface area contributed by atoms with Crippen molar-refractivity contribution in [2.75, 3.05) is 0 Å². The third kappa shape index (κ3) is 3.55. The summed E-state index contributed by atoms with van der Waals surface area (Å²) in [6.45, 7) is 2.19. The standard InChI is InChI=1S/C17H25N3S/c1-2-15-8-9-17(21-15)16(18)12-13-10-11-20(19-13)14-6-4-3-5-7-14/h8-11,14,16H,2-7,12,18H2,1H3. The van der Waals surface area contributed by atoms with Gasteiger partial charge in [0.2, 0.25) is 0 Å². The van der Waals surface area contributed by atoms with E-state index in [1.165, 1.54) is 41.9 Å². The maximum absolute atomic E-state index is 6.34. The molecule has 0 amide bonds. The number of thiophene rings is 1. The second kappa shape index (κ2) is 6.75. The molecule has 1 aliphatic carbocycles. The minimum Gasteiger partial charge on any atom is -0.323 e. The summed E-state index contributed by atoms with van der Waals surface area (Å²) in [7, 11) is 0. The highest BCUT2D eigenvalue weighted by molar-refractivity contribution is 7.12. The average Bonchev–Trinajstić information content (AvgIpc) is 3.17. The molecule has 0 bridgehead atoms. The third-order valence-corrected chi connectivity index (χ3v) is 5.80. The summed E-state index contributed by atoms with van der Waals surface area (Å²) in [6, 6.07) is 7.19. The second-order valence-corrected chi connectivity index (χ2v) is 7.25. The quantitative estimate of drug-likeness (QED) is 0.897. The summed E-state index contributed by atoms with van der Waals surface area (Å²) in [5, 5.41) is 4.77. The number of nitrogens with zero attached hydrogens (tertiary/aromatic N) is 2. The summed E-state index contributed by atoms with van der Waals surface area (Å²) >= 11 is 1.84. The lowest BCUT2D eigenvalue weighted by atomic mass is 9.96. The molecule has 2 aromatic heterocycles. The van der Waals surface area contributed by atoms with Gasteiger partial charge in [0.05, 0.1) is 11.7 Å². The molecular formula is C17H25N3S. The Kier molecular flexibility index (Phi) is 4.76. The van der Waals surface area contributed by atoms with Crippen molar-refractivity contribution in [1.82, 2.24) is 9.78 Å². The summed E-state index contributed by atoms with van der Waals surface area (Å²) in [5.41, 5.74) is 7.47. The highest BCUT2D eigenvalue weighted by atomic mass is 32.1. The summed E-state index contributed by atoms with van der Waals surface area (Å²) in [5.74, 6) is 0. The van der Waals surface area contributed by atoms with E-state index in [0.717, 1.165) is 18.5 Å². The number of aryl methyl sites for hydroxylation is 1. The molecule has 114 valence electrons. The van der Waals surface area contributed by atoms with Gasteiger partial charge in [0, 0.05) is 28.4 Å². The molecule has 0 saturated heterocycles. The average molecular weight is 303 g/mol. The van der Waals surface area contributed by atoms with Gasteiger partial charge in [-0.15, -0.1) is 11.3 Å².